The Morgan fingerprint density at radius 1 is 1.43 bits per heavy atom. The molecule has 0 aliphatic heterocycles. The van der Waals surface area contributed by atoms with Crippen molar-refractivity contribution >= 4 is 24.4 Å². The molecule has 1 nitrogen and oxygen atoms in total. The third-order valence-electron chi connectivity index (χ3n) is 1.77. The van der Waals surface area contributed by atoms with Crippen molar-refractivity contribution in [1.82, 2.24) is 0 Å². The zero-order valence-electron chi connectivity index (χ0n) is 8.49. The van der Waals surface area contributed by atoms with Crippen molar-refractivity contribution in [2.24, 2.45) is 0 Å². The molecule has 14 heavy (non-hydrogen) atoms. The number of hydrogen-bond donors (Lipinski definition) is 0. The summed E-state index contributed by atoms with van der Waals surface area (Å²) in [7, 11) is 0. The van der Waals surface area contributed by atoms with Crippen LogP contribution >= 0.6 is 12.0 Å². The van der Waals surface area contributed by atoms with Gasteiger partial charge in [-0.15, -0.1) is 0 Å². The van der Waals surface area contributed by atoms with Crippen LogP contribution in [0.2, 0.25) is 0 Å². The molecule has 0 N–H and O–H groups in total. The van der Waals surface area contributed by atoms with Crippen molar-refractivity contribution in [3.8, 4) is 0 Å². The Balaban J connectivity index is 3.36. The quantitative estimate of drug-likeness (QED) is 0.700. The van der Waals surface area contributed by atoms with E-state index >= 15 is 0 Å². The molecule has 0 aliphatic carbocycles. The summed E-state index contributed by atoms with van der Waals surface area (Å²) in [6.07, 6.45) is 5.80. The molecule has 0 amide bonds. The zero-order valence-corrected chi connectivity index (χ0v) is 9.30. The minimum absolute atomic E-state index is 0.852. The van der Waals surface area contributed by atoms with Gasteiger partial charge < -0.3 is 4.18 Å². The van der Waals surface area contributed by atoms with Gasteiger partial charge >= 0.3 is 0 Å². The van der Waals surface area contributed by atoms with Crippen LogP contribution in [0.1, 0.15) is 6.92 Å². The minimum atomic E-state index is 0.852. The summed E-state index contributed by atoms with van der Waals surface area (Å²) in [5.74, 6) is 0.852. The van der Waals surface area contributed by atoms with Gasteiger partial charge in [0.15, 0.2) is 0 Å². The van der Waals surface area contributed by atoms with Gasteiger partial charge in [-0.25, -0.2) is 0 Å². The van der Waals surface area contributed by atoms with Crippen LogP contribution in [0, 0.1) is 0 Å². The maximum Gasteiger partial charge on any atom is 0.144 e. The van der Waals surface area contributed by atoms with E-state index in [0.717, 1.165) is 16.2 Å². The largest absolute Gasteiger partial charge is 0.425 e. The van der Waals surface area contributed by atoms with Crippen LogP contribution in [0.15, 0.2) is 36.4 Å². The number of benzene rings is 1. The van der Waals surface area contributed by atoms with E-state index in [1.807, 2.05) is 49.6 Å². The average Bonchev–Trinajstić information content (AvgIpc) is 2.18. The summed E-state index contributed by atoms with van der Waals surface area (Å²) < 4.78 is 5.46. The lowest BCUT2D eigenvalue weighted by Crippen LogP contribution is -2.24. The third-order valence-corrected chi connectivity index (χ3v) is 2.12. The smallest absolute Gasteiger partial charge is 0.144 e. The average molecular weight is 206 g/mol. The van der Waals surface area contributed by atoms with Crippen LogP contribution in [0.3, 0.4) is 0 Å². The molecular weight excluding hydrogens is 192 g/mol. The maximum atomic E-state index is 5.46. The Labute approximate surface area is 89.0 Å². The van der Waals surface area contributed by atoms with Gasteiger partial charge in [-0.2, -0.15) is 0 Å². The molecular formula is C12H14OS. The second-order valence-corrected chi connectivity index (χ2v) is 3.27. The Morgan fingerprint density at radius 3 is 2.71 bits per heavy atom. The first-order chi connectivity index (χ1) is 6.79. The molecule has 1 aromatic carbocycles. The summed E-state index contributed by atoms with van der Waals surface area (Å²) in [5, 5.41) is 2.02. The molecule has 2 heteroatoms. The standard InChI is InChI=1S/C12H14OS/c1-4-7-12(13-14-3)11-9-6-5-8-10(11)2/h4-9H,2H2,1,3H3/b7-4-,12-11+. The highest BCUT2D eigenvalue weighted by molar-refractivity contribution is 7.94. The molecule has 0 atom stereocenters. The molecule has 0 fully saturated rings. The number of allylic oxidation sites excluding steroid dienone is 1. The molecule has 0 saturated carbocycles. The van der Waals surface area contributed by atoms with E-state index < -0.39 is 0 Å². The summed E-state index contributed by atoms with van der Waals surface area (Å²) in [6.45, 7) is 5.93. The molecule has 0 bridgehead atoms. The van der Waals surface area contributed by atoms with E-state index in [1.165, 1.54) is 12.0 Å². The normalized spacial score (nSPS) is 13.0. The van der Waals surface area contributed by atoms with Crippen molar-refractivity contribution in [3.63, 3.8) is 0 Å². The summed E-state index contributed by atoms with van der Waals surface area (Å²) in [4.78, 5) is 0. The summed E-state index contributed by atoms with van der Waals surface area (Å²) >= 11 is 1.34. The SMILES string of the molecule is C=c1cccc/c1=C(/C=C\C)OSC. The van der Waals surface area contributed by atoms with Crippen LogP contribution in [0.5, 0.6) is 0 Å². The highest BCUT2D eigenvalue weighted by Gasteiger charge is 1.94. The van der Waals surface area contributed by atoms with Crippen molar-refractivity contribution in [3.05, 3.63) is 46.9 Å². The van der Waals surface area contributed by atoms with Crippen LogP contribution in [-0.4, -0.2) is 6.26 Å². The van der Waals surface area contributed by atoms with Crippen molar-refractivity contribution in [2.75, 3.05) is 6.26 Å². The highest BCUT2D eigenvalue weighted by atomic mass is 32.2. The molecule has 0 radical (unpaired) electrons. The van der Waals surface area contributed by atoms with Crippen molar-refractivity contribution < 1.29 is 4.18 Å². The molecule has 0 spiro atoms. The zero-order chi connectivity index (χ0) is 10.4. The topological polar surface area (TPSA) is 9.23 Å². The van der Waals surface area contributed by atoms with E-state index in [9.17, 15) is 0 Å². The summed E-state index contributed by atoms with van der Waals surface area (Å²) in [5.41, 5.74) is 0. The van der Waals surface area contributed by atoms with Gasteiger partial charge in [0.25, 0.3) is 0 Å². The Kier molecular flexibility index (Phi) is 4.33. The Bertz CT molecular complexity index is 420. The van der Waals surface area contributed by atoms with E-state index in [1.54, 1.807) is 0 Å². The van der Waals surface area contributed by atoms with Gasteiger partial charge in [0.2, 0.25) is 0 Å². The minimum Gasteiger partial charge on any atom is -0.425 e. The molecule has 0 aliphatic rings. The van der Waals surface area contributed by atoms with Crippen LogP contribution in [0.4, 0.5) is 0 Å². The second kappa shape index (κ2) is 5.55. The lowest BCUT2D eigenvalue weighted by atomic mass is 10.2. The van der Waals surface area contributed by atoms with Gasteiger partial charge in [-0.1, -0.05) is 36.9 Å². The molecule has 0 heterocycles. The fraction of sp³-hybridized carbons (Fsp3) is 0.167. The van der Waals surface area contributed by atoms with Gasteiger partial charge in [-0.05, 0) is 18.2 Å². The fourth-order valence-electron chi connectivity index (χ4n) is 1.16. The summed E-state index contributed by atoms with van der Waals surface area (Å²) in [6, 6.07) is 7.94. The third kappa shape index (κ3) is 2.67. The highest BCUT2D eigenvalue weighted by Crippen LogP contribution is 2.07. The number of hydrogen-bond acceptors (Lipinski definition) is 2. The second-order valence-electron chi connectivity index (χ2n) is 2.77. The van der Waals surface area contributed by atoms with Gasteiger partial charge in [0.05, 0.1) is 12.0 Å². The Morgan fingerprint density at radius 2 is 2.14 bits per heavy atom. The predicted molar refractivity (Wildman–Crippen MR) is 64.0 cm³/mol. The molecule has 0 unspecified atom stereocenters. The lowest BCUT2D eigenvalue weighted by molar-refractivity contribution is 0.606. The van der Waals surface area contributed by atoms with Crippen LogP contribution in [-0.2, 0) is 4.18 Å². The lowest BCUT2D eigenvalue weighted by Gasteiger charge is -2.01. The van der Waals surface area contributed by atoms with E-state index in [0.29, 0.717) is 0 Å². The number of rotatable bonds is 3. The fourth-order valence-corrected chi connectivity index (χ4v) is 1.49. The van der Waals surface area contributed by atoms with Gasteiger partial charge in [-0.3, -0.25) is 0 Å². The van der Waals surface area contributed by atoms with Gasteiger partial charge in [0, 0.05) is 11.5 Å². The Hall–Kier alpha value is -1.15. The van der Waals surface area contributed by atoms with Crippen molar-refractivity contribution in [2.45, 2.75) is 6.92 Å². The first-order valence-electron chi connectivity index (χ1n) is 4.41. The van der Waals surface area contributed by atoms with Crippen LogP contribution in [0.25, 0.3) is 12.3 Å². The molecule has 0 saturated heterocycles. The van der Waals surface area contributed by atoms with E-state index in [-0.39, 0.29) is 0 Å². The maximum absolute atomic E-state index is 5.46. The first kappa shape index (κ1) is 10.9. The van der Waals surface area contributed by atoms with Gasteiger partial charge in [0.1, 0.15) is 5.76 Å². The van der Waals surface area contributed by atoms with E-state index in [2.05, 4.69) is 6.58 Å². The monoisotopic (exact) mass is 206 g/mol. The predicted octanol–water partition coefficient (Wildman–Crippen LogP) is 2.08. The molecule has 74 valence electrons. The van der Waals surface area contributed by atoms with Crippen LogP contribution < -0.4 is 10.4 Å². The van der Waals surface area contributed by atoms with Crippen molar-refractivity contribution in [1.29, 1.82) is 0 Å². The molecule has 1 rings (SSSR count). The molecule has 0 aromatic heterocycles. The first-order valence-corrected chi connectivity index (χ1v) is 5.56. The molecule has 1 aromatic rings. The van der Waals surface area contributed by atoms with E-state index in [4.69, 9.17) is 4.18 Å².